The molecule has 0 spiro atoms. The quantitative estimate of drug-likeness (QED) is 0.895. The average Bonchev–Trinajstić information content (AvgIpc) is 3.03. The van der Waals surface area contributed by atoms with E-state index >= 15 is 0 Å². The minimum Gasteiger partial charge on any atom is -0.335 e. The van der Waals surface area contributed by atoms with Crippen LogP contribution in [-0.2, 0) is 19.9 Å². The number of nitrogens with one attached hydrogen (secondary N) is 2. The second-order valence-corrected chi connectivity index (χ2v) is 6.93. The van der Waals surface area contributed by atoms with Crippen molar-refractivity contribution in [2.45, 2.75) is 52.1 Å². The van der Waals surface area contributed by atoms with Gasteiger partial charge in [-0.05, 0) is 68.9 Å². The zero-order valence-electron chi connectivity index (χ0n) is 15.2. The zero-order valence-corrected chi connectivity index (χ0v) is 15.2. The van der Waals surface area contributed by atoms with Crippen LogP contribution in [0.1, 0.15) is 47.5 Å². The summed E-state index contributed by atoms with van der Waals surface area (Å²) in [5.74, 6) is -0.260. The van der Waals surface area contributed by atoms with Crippen molar-refractivity contribution < 1.29 is 9.18 Å². The first-order valence-corrected chi connectivity index (χ1v) is 8.69. The molecule has 2 N–H and O–H groups in total. The Bertz CT molecular complexity index is 799. The van der Waals surface area contributed by atoms with E-state index in [9.17, 15) is 9.18 Å². The van der Waals surface area contributed by atoms with Gasteiger partial charge in [-0.3, -0.25) is 4.68 Å². The molecular formula is C19H25FN4O. The topological polar surface area (TPSA) is 59.0 Å². The number of hydrogen-bond donors (Lipinski definition) is 2. The van der Waals surface area contributed by atoms with Gasteiger partial charge in [0.25, 0.3) is 0 Å². The van der Waals surface area contributed by atoms with Crippen LogP contribution in [0.4, 0.5) is 9.18 Å². The van der Waals surface area contributed by atoms with E-state index in [1.165, 1.54) is 17.7 Å². The number of nitrogens with zero attached hydrogens (tertiary/aromatic N) is 2. The highest BCUT2D eigenvalue weighted by Crippen LogP contribution is 2.31. The van der Waals surface area contributed by atoms with Crippen LogP contribution in [0.15, 0.2) is 18.2 Å². The van der Waals surface area contributed by atoms with Crippen molar-refractivity contribution in [3.63, 3.8) is 0 Å². The molecule has 2 atom stereocenters. The molecule has 2 aromatic rings. The Morgan fingerprint density at radius 1 is 1.44 bits per heavy atom. The molecule has 134 valence electrons. The molecule has 1 aromatic heterocycles. The van der Waals surface area contributed by atoms with Crippen LogP contribution in [0.2, 0.25) is 0 Å². The van der Waals surface area contributed by atoms with E-state index in [1.807, 2.05) is 32.5 Å². The van der Waals surface area contributed by atoms with Gasteiger partial charge < -0.3 is 10.6 Å². The highest BCUT2D eigenvalue weighted by Gasteiger charge is 2.25. The Labute approximate surface area is 147 Å². The number of benzene rings is 1. The highest BCUT2D eigenvalue weighted by atomic mass is 19.1. The summed E-state index contributed by atoms with van der Waals surface area (Å²) in [5, 5.41) is 10.4. The summed E-state index contributed by atoms with van der Waals surface area (Å²) in [6, 6.07) is 4.45. The molecule has 3 rings (SSSR count). The van der Waals surface area contributed by atoms with Crippen molar-refractivity contribution >= 4 is 6.03 Å². The van der Waals surface area contributed by atoms with Crippen LogP contribution in [0.3, 0.4) is 0 Å². The number of carbonyl (C=O) groups is 1. The second kappa shape index (κ2) is 6.86. The Morgan fingerprint density at radius 3 is 2.88 bits per heavy atom. The van der Waals surface area contributed by atoms with Gasteiger partial charge in [-0.2, -0.15) is 5.10 Å². The van der Waals surface area contributed by atoms with E-state index in [0.29, 0.717) is 0 Å². The van der Waals surface area contributed by atoms with Gasteiger partial charge in [0.15, 0.2) is 0 Å². The first-order chi connectivity index (χ1) is 11.8. The number of amides is 2. The van der Waals surface area contributed by atoms with E-state index in [0.717, 1.165) is 41.8 Å². The average molecular weight is 344 g/mol. The summed E-state index contributed by atoms with van der Waals surface area (Å²) >= 11 is 0. The predicted molar refractivity (Wildman–Crippen MR) is 95.0 cm³/mol. The smallest absolute Gasteiger partial charge is 0.315 e. The summed E-state index contributed by atoms with van der Waals surface area (Å²) in [4.78, 5) is 12.3. The fourth-order valence-corrected chi connectivity index (χ4v) is 3.62. The number of rotatable bonds is 4. The van der Waals surface area contributed by atoms with Crippen LogP contribution in [0.5, 0.6) is 0 Å². The minimum absolute atomic E-state index is 0.0185. The van der Waals surface area contributed by atoms with Gasteiger partial charge in [-0.25, -0.2) is 9.18 Å². The Kier molecular flexibility index (Phi) is 4.79. The molecule has 2 amide bonds. The van der Waals surface area contributed by atoms with E-state index in [2.05, 4.69) is 15.7 Å². The molecule has 0 bridgehead atoms. The minimum atomic E-state index is -0.260. The summed E-state index contributed by atoms with van der Waals surface area (Å²) in [6.07, 6.45) is 2.40. The fraction of sp³-hybridized carbons (Fsp3) is 0.474. The summed E-state index contributed by atoms with van der Waals surface area (Å²) in [5.41, 5.74) is 5.28. The van der Waals surface area contributed by atoms with Crippen molar-refractivity contribution in [3.05, 3.63) is 52.1 Å². The molecule has 2 unspecified atom stereocenters. The Hall–Kier alpha value is -2.37. The third-order valence-electron chi connectivity index (χ3n) is 5.04. The molecule has 1 aromatic carbocycles. The number of carbonyl (C=O) groups excluding carboxylic acids is 1. The van der Waals surface area contributed by atoms with Crippen LogP contribution in [-0.4, -0.2) is 21.9 Å². The SMILES string of the molecule is Cc1nn(C)c(C)c1CC(C)NC(=O)NC1CCc2ccc(F)cc21. The lowest BCUT2D eigenvalue weighted by Gasteiger charge is -2.19. The van der Waals surface area contributed by atoms with Crippen molar-refractivity contribution in [2.75, 3.05) is 0 Å². The molecule has 1 aliphatic rings. The molecule has 0 fully saturated rings. The standard InChI is InChI=1S/C19H25FN4O/c1-11(9-16-12(2)23-24(4)13(16)3)21-19(25)22-18-8-6-14-5-7-15(20)10-17(14)18/h5,7,10-11,18H,6,8-9H2,1-4H3,(H2,21,22,25). The molecule has 1 aliphatic carbocycles. The lowest BCUT2D eigenvalue weighted by atomic mass is 10.1. The third kappa shape index (κ3) is 3.67. The number of aromatic nitrogens is 2. The molecule has 0 radical (unpaired) electrons. The van der Waals surface area contributed by atoms with Gasteiger partial charge in [0, 0.05) is 18.8 Å². The first-order valence-electron chi connectivity index (χ1n) is 8.69. The Balaban J connectivity index is 1.59. The summed E-state index contributed by atoms with van der Waals surface area (Å²) in [6.45, 7) is 6.00. The second-order valence-electron chi connectivity index (χ2n) is 6.93. The van der Waals surface area contributed by atoms with Crippen molar-refractivity contribution in [1.29, 1.82) is 0 Å². The van der Waals surface area contributed by atoms with Gasteiger partial charge in [0.05, 0.1) is 11.7 Å². The third-order valence-corrected chi connectivity index (χ3v) is 5.04. The molecule has 0 aliphatic heterocycles. The molecule has 25 heavy (non-hydrogen) atoms. The van der Waals surface area contributed by atoms with Crippen molar-refractivity contribution in [1.82, 2.24) is 20.4 Å². The van der Waals surface area contributed by atoms with Crippen LogP contribution >= 0.6 is 0 Å². The zero-order chi connectivity index (χ0) is 18.1. The largest absolute Gasteiger partial charge is 0.335 e. The number of aryl methyl sites for hydroxylation is 3. The van der Waals surface area contributed by atoms with Crippen molar-refractivity contribution in [2.24, 2.45) is 7.05 Å². The van der Waals surface area contributed by atoms with Gasteiger partial charge in [-0.15, -0.1) is 0 Å². The molecule has 6 heteroatoms. The molecule has 5 nitrogen and oxygen atoms in total. The number of urea groups is 1. The van der Waals surface area contributed by atoms with E-state index in [4.69, 9.17) is 0 Å². The lowest BCUT2D eigenvalue weighted by molar-refractivity contribution is 0.233. The summed E-state index contributed by atoms with van der Waals surface area (Å²) < 4.78 is 15.3. The van der Waals surface area contributed by atoms with Gasteiger partial charge in [0.1, 0.15) is 5.82 Å². The van der Waals surface area contributed by atoms with Crippen LogP contribution < -0.4 is 10.6 Å². The lowest BCUT2D eigenvalue weighted by Crippen LogP contribution is -2.42. The molecule has 0 saturated heterocycles. The highest BCUT2D eigenvalue weighted by molar-refractivity contribution is 5.75. The van der Waals surface area contributed by atoms with Gasteiger partial charge in [0.2, 0.25) is 0 Å². The van der Waals surface area contributed by atoms with Crippen LogP contribution in [0, 0.1) is 19.7 Å². The maximum absolute atomic E-state index is 13.5. The predicted octanol–water partition coefficient (Wildman–Crippen LogP) is 3.09. The van der Waals surface area contributed by atoms with E-state index in [1.54, 1.807) is 6.07 Å². The fourth-order valence-electron chi connectivity index (χ4n) is 3.62. The number of halogens is 1. The van der Waals surface area contributed by atoms with Gasteiger partial charge in [-0.1, -0.05) is 6.07 Å². The van der Waals surface area contributed by atoms with Crippen LogP contribution in [0.25, 0.3) is 0 Å². The Morgan fingerprint density at radius 2 is 2.20 bits per heavy atom. The normalized spacial score (nSPS) is 17.2. The van der Waals surface area contributed by atoms with E-state index < -0.39 is 0 Å². The molecular weight excluding hydrogens is 319 g/mol. The van der Waals surface area contributed by atoms with Crippen molar-refractivity contribution in [3.8, 4) is 0 Å². The maximum atomic E-state index is 13.5. The maximum Gasteiger partial charge on any atom is 0.315 e. The first kappa shape index (κ1) is 17.5. The monoisotopic (exact) mass is 344 g/mol. The van der Waals surface area contributed by atoms with E-state index in [-0.39, 0.29) is 23.9 Å². The molecule has 0 saturated carbocycles. The molecule has 1 heterocycles. The van der Waals surface area contributed by atoms with Gasteiger partial charge >= 0.3 is 6.03 Å². The number of fused-ring (bicyclic) bond motifs is 1. The number of hydrogen-bond acceptors (Lipinski definition) is 2. The summed E-state index contributed by atoms with van der Waals surface area (Å²) in [7, 11) is 1.92.